The maximum atomic E-state index is 11.7. The van der Waals surface area contributed by atoms with Crippen LogP contribution in [0.3, 0.4) is 0 Å². The van der Waals surface area contributed by atoms with Crippen LogP contribution in [0, 0.1) is 0 Å². The van der Waals surface area contributed by atoms with Crippen LogP contribution >= 0.6 is 0 Å². The van der Waals surface area contributed by atoms with E-state index in [-0.39, 0.29) is 5.97 Å². The first-order valence-corrected chi connectivity index (χ1v) is 12.6. The molecule has 0 saturated heterocycles. The molecule has 0 bridgehead atoms. The number of rotatable bonds is 27. The van der Waals surface area contributed by atoms with Gasteiger partial charge in [-0.15, -0.1) is 0 Å². The minimum Gasteiger partial charge on any atom is -0.463 e. The van der Waals surface area contributed by atoms with Crippen LogP contribution in [0.5, 0.6) is 0 Å². The van der Waals surface area contributed by atoms with Gasteiger partial charge in [0.2, 0.25) is 0 Å². The van der Waals surface area contributed by atoms with Gasteiger partial charge in [-0.25, -0.2) is 0 Å². The Morgan fingerprint density at radius 3 is 1.34 bits per heavy atom. The third kappa shape index (κ3) is 27.3. The molecule has 0 aromatic rings. The monoisotopic (exact) mass is 463 g/mol. The molecule has 0 aliphatic carbocycles. The highest BCUT2D eigenvalue weighted by Gasteiger charge is 2.02. The third-order valence-electron chi connectivity index (χ3n) is 4.73. The van der Waals surface area contributed by atoms with Crippen molar-refractivity contribution in [2.24, 2.45) is 5.73 Å². The van der Waals surface area contributed by atoms with Crippen LogP contribution in [0.4, 0.5) is 0 Å². The maximum Gasteiger partial charge on any atom is 0.305 e. The zero-order valence-corrected chi connectivity index (χ0v) is 20.5. The van der Waals surface area contributed by atoms with E-state index < -0.39 is 0 Å². The Balaban J connectivity index is 3.12. The summed E-state index contributed by atoms with van der Waals surface area (Å²) in [5.74, 6) is -0.128. The van der Waals surface area contributed by atoms with Crippen LogP contribution in [0.25, 0.3) is 0 Å². The molecular formula is C24H49NO7. The Hall–Kier alpha value is -0.770. The second-order valence-electron chi connectivity index (χ2n) is 7.65. The van der Waals surface area contributed by atoms with Gasteiger partial charge in [-0.1, -0.05) is 58.3 Å². The van der Waals surface area contributed by atoms with E-state index in [1.807, 2.05) is 0 Å². The number of carbonyl (C=O) groups is 1. The van der Waals surface area contributed by atoms with Crippen molar-refractivity contribution in [3.05, 3.63) is 0 Å². The van der Waals surface area contributed by atoms with Gasteiger partial charge in [0.1, 0.15) is 6.61 Å². The quantitative estimate of drug-likeness (QED) is 0.146. The second-order valence-corrected chi connectivity index (χ2v) is 7.65. The molecule has 0 aliphatic rings. The van der Waals surface area contributed by atoms with Gasteiger partial charge in [-0.2, -0.15) is 0 Å². The van der Waals surface area contributed by atoms with Gasteiger partial charge >= 0.3 is 5.97 Å². The van der Waals surface area contributed by atoms with Crippen molar-refractivity contribution in [3.63, 3.8) is 0 Å². The van der Waals surface area contributed by atoms with Gasteiger partial charge in [0, 0.05) is 13.0 Å². The molecule has 0 atom stereocenters. The summed E-state index contributed by atoms with van der Waals surface area (Å²) in [7, 11) is 0. The summed E-state index contributed by atoms with van der Waals surface area (Å²) in [5, 5.41) is 0. The Labute approximate surface area is 195 Å². The third-order valence-corrected chi connectivity index (χ3v) is 4.73. The minimum atomic E-state index is -0.128. The van der Waals surface area contributed by atoms with E-state index in [2.05, 4.69) is 6.92 Å². The normalized spacial score (nSPS) is 11.2. The number of hydrogen-bond acceptors (Lipinski definition) is 8. The van der Waals surface area contributed by atoms with Crippen molar-refractivity contribution >= 4 is 5.97 Å². The zero-order chi connectivity index (χ0) is 23.4. The fourth-order valence-electron chi connectivity index (χ4n) is 2.93. The molecule has 0 saturated carbocycles. The summed E-state index contributed by atoms with van der Waals surface area (Å²) in [5.41, 5.74) is 5.31. The van der Waals surface area contributed by atoms with E-state index in [1.54, 1.807) is 0 Å². The number of esters is 1. The summed E-state index contributed by atoms with van der Waals surface area (Å²) in [6.45, 7) is 8.19. The van der Waals surface area contributed by atoms with E-state index in [4.69, 9.17) is 34.2 Å². The molecule has 0 rings (SSSR count). The van der Waals surface area contributed by atoms with E-state index >= 15 is 0 Å². The summed E-state index contributed by atoms with van der Waals surface area (Å²) in [4.78, 5) is 11.7. The van der Waals surface area contributed by atoms with Crippen LogP contribution in [-0.4, -0.2) is 85.2 Å². The van der Waals surface area contributed by atoms with Crippen LogP contribution in [0.1, 0.15) is 71.1 Å². The molecule has 0 radical (unpaired) electrons. The van der Waals surface area contributed by atoms with Crippen LogP contribution < -0.4 is 5.73 Å². The van der Waals surface area contributed by atoms with Crippen molar-refractivity contribution in [1.29, 1.82) is 0 Å². The number of nitrogens with two attached hydrogens (primary N) is 1. The maximum absolute atomic E-state index is 11.7. The average molecular weight is 464 g/mol. The molecule has 8 heteroatoms. The highest BCUT2D eigenvalue weighted by molar-refractivity contribution is 5.69. The molecule has 0 spiro atoms. The molecule has 0 aromatic heterocycles. The predicted molar refractivity (Wildman–Crippen MR) is 126 cm³/mol. The number of hydrogen-bond donors (Lipinski definition) is 1. The summed E-state index contributed by atoms with van der Waals surface area (Å²) in [6.07, 6.45) is 11.7. The molecule has 2 N–H and O–H groups in total. The highest BCUT2D eigenvalue weighted by atomic mass is 16.6. The molecule has 0 fully saturated rings. The van der Waals surface area contributed by atoms with Gasteiger partial charge in [0.15, 0.2) is 0 Å². The lowest BCUT2D eigenvalue weighted by atomic mass is 10.1. The van der Waals surface area contributed by atoms with Crippen LogP contribution in [0.15, 0.2) is 0 Å². The topological polar surface area (TPSA) is 98.5 Å². The van der Waals surface area contributed by atoms with Crippen LogP contribution in [0.2, 0.25) is 0 Å². The first-order valence-electron chi connectivity index (χ1n) is 12.6. The summed E-state index contributed by atoms with van der Waals surface area (Å²) < 4.78 is 31.9. The first-order chi connectivity index (χ1) is 15.8. The minimum absolute atomic E-state index is 0.128. The molecule has 0 unspecified atom stereocenters. The molecule has 0 aromatic carbocycles. The van der Waals surface area contributed by atoms with Crippen molar-refractivity contribution < 1.29 is 33.2 Å². The molecule has 0 amide bonds. The van der Waals surface area contributed by atoms with Crippen molar-refractivity contribution in [2.75, 3.05) is 79.2 Å². The number of unbranched alkanes of at least 4 members (excludes halogenated alkanes) is 8. The average Bonchev–Trinajstić information content (AvgIpc) is 2.80. The van der Waals surface area contributed by atoms with E-state index in [1.165, 1.54) is 44.9 Å². The Kier molecular flexibility index (Phi) is 27.6. The molecule has 0 aliphatic heterocycles. The van der Waals surface area contributed by atoms with E-state index in [0.29, 0.717) is 85.6 Å². The Morgan fingerprint density at radius 2 is 0.906 bits per heavy atom. The lowest BCUT2D eigenvalue weighted by Crippen LogP contribution is -2.15. The summed E-state index contributed by atoms with van der Waals surface area (Å²) >= 11 is 0. The second kappa shape index (κ2) is 28.3. The van der Waals surface area contributed by atoms with Gasteiger partial charge < -0.3 is 34.2 Å². The summed E-state index contributed by atoms with van der Waals surface area (Å²) in [6, 6.07) is 0. The van der Waals surface area contributed by atoms with Crippen LogP contribution in [-0.2, 0) is 33.2 Å². The van der Waals surface area contributed by atoms with Gasteiger partial charge in [-0.05, 0) is 6.42 Å². The van der Waals surface area contributed by atoms with Crippen molar-refractivity contribution in [1.82, 2.24) is 0 Å². The zero-order valence-electron chi connectivity index (χ0n) is 20.5. The molecule has 8 nitrogen and oxygen atoms in total. The number of carbonyl (C=O) groups excluding carboxylic acids is 1. The van der Waals surface area contributed by atoms with Gasteiger partial charge in [0.05, 0.1) is 66.1 Å². The molecule has 192 valence electrons. The van der Waals surface area contributed by atoms with Crippen molar-refractivity contribution in [2.45, 2.75) is 71.1 Å². The predicted octanol–water partition coefficient (Wildman–Crippen LogP) is 3.49. The smallest absolute Gasteiger partial charge is 0.305 e. The highest BCUT2D eigenvalue weighted by Crippen LogP contribution is 2.10. The lowest BCUT2D eigenvalue weighted by Gasteiger charge is -2.08. The first kappa shape index (κ1) is 31.2. The van der Waals surface area contributed by atoms with Gasteiger partial charge in [0.25, 0.3) is 0 Å². The molecule has 0 heterocycles. The largest absolute Gasteiger partial charge is 0.463 e. The van der Waals surface area contributed by atoms with Gasteiger partial charge in [-0.3, -0.25) is 4.79 Å². The fraction of sp³-hybridized carbons (Fsp3) is 0.958. The van der Waals surface area contributed by atoms with Crippen molar-refractivity contribution in [3.8, 4) is 0 Å². The Morgan fingerprint density at radius 1 is 0.531 bits per heavy atom. The fourth-order valence-corrected chi connectivity index (χ4v) is 2.93. The van der Waals surface area contributed by atoms with E-state index in [0.717, 1.165) is 12.8 Å². The standard InChI is InChI=1S/C24H49NO7/c1-2-3-4-5-6-7-8-9-10-11-24(26)32-23-22-31-21-20-30-19-18-29-17-16-28-15-14-27-13-12-25/h2-23,25H2,1H3. The Bertz CT molecular complexity index is 372. The molecule has 32 heavy (non-hydrogen) atoms. The lowest BCUT2D eigenvalue weighted by molar-refractivity contribution is -0.145. The van der Waals surface area contributed by atoms with E-state index in [9.17, 15) is 4.79 Å². The SMILES string of the molecule is CCCCCCCCCCCC(=O)OCCOCCOCCOCCOCCOCCN. The molecular weight excluding hydrogens is 414 g/mol. The number of ether oxygens (including phenoxy) is 6.